The zero-order valence-electron chi connectivity index (χ0n) is 15.6. The Hall–Kier alpha value is -3.52. The van der Waals surface area contributed by atoms with Crippen molar-refractivity contribution in [3.8, 4) is 0 Å². The van der Waals surface area contributed by atoms with Crippen LogP contribution < -0.4 is 16.0 Å². The van der Waals surface area contributed by atoms with Crippen LogP contribution >= 0.6 is 11.3 Å². The van der Waals surface area contributed by atoms with Crippen molar-refractivity contribution < 1.29 is 14.4 Å². The fourth-order valence-corrected chi connectivity index (χ4v) is 3.21. The Morgan fingerprint density at radius 3 is 2.03 bits per heavy atom. The summed E-state index contributed by atoms with van der Waals surface area (Å²) in [6.45, 7) is 0.647. The van der Waals surface area contributed by atoms with E-state index in [0.29, 0.717) is 35.0 Å². The fourth-order valence-electron chi connectivity index (χ4n) is 2.50. The molecule has 0 bridgehead atoms. The molecule has 3 amide bonds. The summed E-state index contributed by atoms with van der Waals surface area (Å²) in [5, 5.41) is 10.4. The van der Waals surface area contributed by atoms with Crippen LogP contribution in [-0.2, 0) is 11.2 Å². The van der Waals surface area contributed by atoms with Gasteiger partial charge in [0, 0.05) is 29.6 Å². The number of anilines is 1. The fraction of sp³-hybridized carbons (Fsp3) is 0.143. The van der Waals surface area contributed by atoms with Gasteiger partial charge in [-0.2, -0.15) is 0 Å². The third-order valence-corrected chi connectivity index (χ3v) is 4.73. The first-order chi connectivity index (χ1) is 14.1. The molecule has 1 heterocycles. The minimum absolute atomic E-state index is 0.102. The molecule has 0 saturated heterocycles. The number of hydrogen-bond donors (Lipinski definition) is 3. The molecule has 0 aliphatic heterocycles. The molecule has 0 aliphatic rings. The summed E-state index contributed by atoms with van der Waals surface area (Å²) in [5.74, 6) is -0.631. The Balaban J connectivity index is 1.39. The Bertz CT molecular complexity index is 974. The van der Waals surface area contributed by atoms with Crippen LogP contribution in [0.3, 0.4) is 0 Å². The van der Waals surface area contributed by atoms with Crippen molar-refractivity contribution in [1.82, 2.24) is 15.6 Å². The maximum atomic E-state index is 12.1. The molecule has 0 aliphatic carbocycles. The van der Waals surface area contributed by atoms with E-state index >= 15 is 0 Å². The molecule has 0 atom stereocenters. The van der Waals surface area contributed by atoms with E-state index in [1.165, 1.54) is 11.3 Å². The Kier molecular flexibility index (Phi) is 7.07. The smallest absolute Gasteiger partial charge is 0.257 e. The van der Waals surface area contributed by atoms with E-state index in [4.69, 9.17) is 0 Å². The van der Waals surface area contributed by atoms with Crippen molar-refractivity contribution in [3.05, 3.63) is 82.9 Å². The lowest BCUT2D eigenvalue weighted by atomic mass is 10.2. The molecule has 0 fully saturated rings. The summed E-state index contributed by atoms with van der Waals surface area (Å²) in [7, 11) is 0. The molecule has 0 spiro atoms. The zero-order chi connectivity index (χ0) is 20.5. The largest absolute Gasteiger partial charge is 0.354 e. The van der Waals surface area contributed by atoms with Gasteiger partial charge in [-0.1, -0.05) is 36.4 Å². The van der Waals surface area contributed by atoms with Gasteiger partial charge in [0.05, 0.1) is 12.1 Å². The van der Waals surface area contributed by atoms with Crippen molar-refractivity contribution in [2.75, 3.05) is 18.4 Å². The molecule has 3 N–H and O–H groups in total. The van der Waals surface area contributed by atoms with E-state index < -0.39 is 0 Å². The van der Waals surface area contributed by atoms with Crippen LogP contribution in [0.2, 0.25) is 0 Å². The molecule has 148 valence electrons. The van der Waals surface area contributed by atoms with Crippen LogP contribution in [0.4, 0.5) is 5.13 Å². The maximum Gasteiger partial charge on any atom is 0.257 e. The number of nitrogens with one attached hydrogen (secondary N) is 3. The van der Waals surface area contributed by atoms with Gasteiger partial charge in [-0.05, 0) is 24.3 Å². The van der Waals surface area contributed by atoms with Crippen LogP contribution in [0, 0.1) is 0 Å². The molecule has 1 aromatic heterocycles. The van der Waals surface area contributed by atoms with Crippen molar-refractivity contribution >= 4 is 34.2 Å². The van der Waals surface area contributed by atoms with Crippen molar-refractivity contribution in [2.24, 2.45) is 0 Å². The summed E-state index contributed by atoms with van der Waals surface area (Å²) in [6.07, 6.45) is 0.102. The highest BCUT2D eigenvalue weighted by molar-refractivity contribution is 7.14. The minimum Gasteiger partial charge on any atom is -0.354 e. The Morgan fingerprint density at radius 2 is 1.38 bits per heavy atom. The third kappa shape index (κ3) is 6.25. The SMILES string of the molecule is O=C(Cc1csc(NC(=O)c2ccccc2)n1)NCCNC(=O)c1ccccc1. The normalized spacial score (nSPS) is 10.2. The van der Waals surface area contributed by atoms with Crippen LogP contribution in [0.25, 0.3) is 0 Å². The third-order valence-electron chi connectivity index (χ3n) is 3.92. The van der Waals surface area contributed by atoms with Gasteiger partial charge in [-0.25, -0.2) is 4.98 Å². The molecule has 3 rings (SSSR count). The van der Waals surface area contributed by atoms with Gasteiger partial charge in [-0.3, -0.25) is 19.7 Å². The molecule has 2 aromatic carbocycles. The Labute approximate surface area is 172 Å². The minimum atomic E-state index is -0.245. The lowest BCUT2D eigenvalue weighted by Gasteiger charge is -2.06. The molecule has 0 unspecified atom stereocenters. The van der Waals surface area contributed by atoms with Crippen molar-refractivity contribution in [2.45, 2.75) is 6.42 Å². The number of nitrogens with zero attached hydrogens (tertiary/aromatic N) is 1. The molecular formula is C21H20N4O3S. The van der Waals surface area contributed by atoms with E-state index in [9.17, 15) is 14.4 Å². The molecule has 7 nitrogen and oxygen atoms in total. The summed E-state index contributed by atoms with van der Waals surface area (Å²) in [4.78, 5) is 40.3. The zero-order valence-corrected chi connectivity index (χ0v) is 16.4. The number of amides is 3. The van der Waals surface area contributed by atoms with Crippen LogP contribution in [-0.4, -0.2) is 35.8 Å². The van der Waals surface area contributed by atoms with Gasteiger partial charge in [0.1, 0.15) is 0 Å². The first kappa shape index (κ1) is 20.2. The lowest BCUT2D eigenvalue weighted by molar-refractivity contribution is -0.120. The van der Waals surface area contributed by atoms with E-state index in [1.807, 2.05) is 12.1 Å². The highest BCUT2D eigenvalue weighted by Crippen LogP contribution is 2.17. The quantitative estimate of drug-likeness (QED) is 0.499. The van der Waals surface area contributed by atoms with Gasteiger partial charge in [0.25, 0.3) is 11.8 Å². The summed E-state index contributed by atoms with van der Waals surface area (Å²) < 4.78 is 0. The van der Waals surface area contributed by atoms with Crippen LogP contribution in [0.1, 0.15) is 26.4 Å². The number of aromatic nitrogens is 1. The second-order valence-corrected chi connectivity index (χ2v) is 6.97. The first-order valence-electron chi connectivity index (χ1n) is 9.02. The second-order valence-electron chi connectivity index (χ2n) is 6.11. The number of benzene rings is 2. The van der Waals surface area contributed by atoms with Crippen molar-refractivity contribution in [3.63, 3.8) is 0 Å². The second kappa shape index (κ2) is 10.1. The number of thiazole rings is 1. The molecular weight excluding hydrogens is 388 g/mol. The molecule has 0 radical (unpaired) electrons. The predicted octanol–water partition coefficient (Wildman–Crippen LogP) is 2.48. The van der Waals surface area contributed by atoms with Gasteiger partial charge in [-0.15, -0.1) is 11.3 Å². The molecule has 29 heavy (non-hydrogen) atoms. The highest BCUT2D eigenvalue weighted by Gasteiger charge is 2.11. The number of carbonyl (C=O) groups is 3. The maximum absolute atomic E-state index is 12.1. The average molecular weight is 408 g/mol. The molecule has 3 aromatic rings. The molecule has 0 saturated carbocycles. The summed E-state index contributed by atoms with van der Waals surface area (Å²) in [6, 6.07) is 17.7. The van der Waals surface area contributed by atoms with Gasteiger partial charge in [0.15, 0.2) is 5.13 Å². The summed E-state index contributed by atoms with van der Waals surface area (Å²) in [5.41, 5.74) is 1.69. The van der Waals surface area contributed by atoms with E-state index in [-0.39, 0.29) is 24.1 Å². The Morgan fingerprint density at radius 1 is 0.793 bits per heavy atom. The van der Waals surface area contributed by atoms with Gasteiger partial charge in [0.2, 0.25) is 5.91 Å². The van der Waals surface area contributed by atoms with Gasteiger partial charge < -0.3 is 10.6 Å². The topological polar surface area (TPSA) is 100 Å². The van der Waals surface area contributed by atoms with E-state index in [0.717, 1.165) is 0 Å². The average Bonchev–Trinajstić information content (AvgIpc) is 3.18. The number of rotatable bonds is 8. The molecule has 8 heteroatoms. The number of carbonyl (C=O) groups excluding carboxylic acids is 3. The van der Waals surface area contributed by atoms with E-state index in [1.54, 1.807) is 53.9 Å². The standard InChI is InChI=1S/C21H20N4O3S/c26-18(22-11-12-23-19(27)15-7-3-1-4-8-15)13-17-14-29-21(24-17)25-20(28)16-9-5-2-6-10-16/h1-10,14H,11-13H2,(H,22,26)(H,23,27)(H,24,25,28). The van der Waals surface area contributed by atoms with E-state index in [2.05, 4.69) is 20.9 Å². The van der Waals surface area contributed by atoms with Crippen LogP contribution in [0.15, 0.2) is 66.0 Å². The lowest BCUT2D eigenvalue weighted by Crippen LogP contribution is -2.35. The monoisotopic (exact) mass is 408 g/mol. The first-order valence-corrected chi connectivity index (χ1v) is 9.90. The summed E-state index contributed by atoms with van der Waals surface area (Å²) >= 11 is 1.26. The van der Waals surface area contributed by atoms with Gasteiger partial charge >= 0.3 is 0 Å². The van der Waals surface area contributed by atoms with Crippen LogP contribution in [0.5, 0.6) is 0 Å². The highest BCUT2D eigenvalue weighted by atomic mass is 32.1. The predicted molar refractivity (Wildman–Crippen MR) is 112 cm³/mol. The number of hydrogen-bond acceptors (Lipinski definition) is 5. The van der Waals surface area contributed by atoms with Crippen molar-refractivity contribution in [1.29, 1.82) is 0 Å².